The second kappa shape index (κ2) is 7.55. The molecule has 150 valence electrons. The molecule has 0 bridgehead atoms. The van der Waals surface area contributed by atoms with Gasteiger partial charge in [0.2, 0.25) is 0 Å². The van der Waals surface area contributed by atoms with Crippen molar-refractivity contribution in [1.29, 1.82) is 5.41 Å². The van der Waals surface area contributed by atoms with E-state index in [-0.39, 0.29) is 0 Å². The number of benzene rings is 3. The molecule has 6 nitrogen and oxygen atoms in total. The van der Waals surface area contributed by atoms with E-state index in [1.165, 1.54) is 6.21 Å². The Morgan fingerprint density at radius 2 is 1.50 bits per heavy atom. The first-order chi connectivity index (χ1) is 14.7. The van der Waals surface area contributed by atoms with Gasteiger partial charge < -0.3 is 25.5 Å². The van der Waals surface area contributed by atoms with Crippen molar-refractivity contribution >= 4 is 79.2 Å². The Balaban J connectivity index is 1.72. The van der Waals surface area contributed by atoms with E-state index in [4.69, 9.17) is 33.3 Å². The van der Waals surface area contributed by atoms with Crippen LogP contribution >= 0.6 is 23.2 Å². The fraction of sp³-hybridized carbons (Fsp3) is 0.0909. The van der Waals surface area contributed by atoms with Crippen LogP contribution in [0.2, 0.25) is 10.0 Å². The molecule has 0 saturated carbocycles. The van der Waals surface area contributed by atoms with Crippen molar-refractivity contribution in [3.05, 3.63) is 52.5 Å². The molecule has 5 rings (SSSR count). The minimum absolute atomic E-state index is 0.399. The number of rotatable bonds is 6. The van der Waals surface area contributed by atoms with Crippen LogP contribution in [-0.4, -0.2) is 35.5 Å². The van der Waals surface area contributed by atoms with E-state index in [9.17, 15) is 0 Å². The van der Waals surface area contributed by atoms with Crippen molar-refractivity contribution in [3.8, 4) is 5.75 Å². The quantitative estimate of drug-likeness (QED) is 0.152. The predicted octanol–water partition coefficient (Wildman–Crippen LogP) is 5.87. The molecule has 2 aromatic heterocycles. The largest absolute Gasteiger partial charge is 0.487 e. The smallest absolute Gasteiger partial charge is 0.167 e. The van der Waals surface area contributed by atoms with Crippen LogP contribution < -0.4 is 10.2 Å². The Kier molecular flexibility index (Phi) is 4.73. The summed E-state index contributed by atoms with van der Waals surface area (Å²) in [6.45, 7) is 0.899. The molecule has 0 amide bonds. The number of aromatic nitrogens is 2. The fourth-order valence-electron chi connectivity index (χ4n) is 3.79. The number of aromatic amines is 2. The number of halogens is 2. The third kappa shape index (κ3) is 3.14. The molecule has 0 fully saturated rings. The molecule has 0 unspecified atom stereocenters. The summed E-state index contributed by atoms with van der Waals surface area (Å²) < 4.78 is 6.21. The van der Waals surface area contributed by atoms with Crippen molar-refractivity contribution in [2.24, 2.45) is 5.10 Å². The molecule has 0 atom stereocenters. The lowest BCUT2D eigenvalue weighted by Crippen LogP contribution is -2.16. The molecular formula is C22H17Cl2N5O. The molecule has 8 heteroatoms. The highest BCUT2D eigenvalue weighted by Crippen LogP contribution is 2.41. The maximum Gasteiger partial charge on any atom is 0.167 e. The van der Waals surface area contributed by atoms with Crippen molar-refractivity contribution < 1.29 is 4.74 Å². The normalized spacial score (nSPS) is 11.9. The number of fused-ring (bicyclic) bond motifs is 6. The molecule has 30 heavy (non-hydrogen) atoms. The van der Waals surface area contributed by atoms with Gasteiger partial charge in [-0.3, -0.25) is 0 Å². The molecule has 2 heterocycles. The van der Waals surface area contributed by atoms with Gasteiger partial charge in [0.1, 0.15) is 6.61 Å². The minimum Gasteiger partial charge on any atom is -0.487 e. The van der Waals surface area contributed by atoms with Gasteiger partial charge in [0, 0.05) is 48.8 Å². The van der Waals surface area contributed by atoms with E-state index in [0.29, 0.717) is 23.2 Å². The van der Waals surface area contributed by atoms with Crippen molar-refractivity contribution in [3.63, 3.8) is 0 Å². The molecule has 5 aromatic rings. The Hall–Kier alpha value is -3.22. The van der Waals surface area contributed by atoms with Gasteiger partial charge in [0.25, 0.3) is 0 Å². The molecule has 0 aliphatic rings. The second-order valence-electron chi connectivity index (χ2n) is 6.88. The van der Waals surface area contributed by atoms with Gasteiger partial charge in [-0.1, -0.05) is 23.2 Å². The van der Waals surface area contributed by atoms with Crippen LogP contribution in [0.3, 0.4) is 0 Å². The van der Waals surface area contributed by atoms with Crippen molar-refractivity contribution in [2.75, 3.05) is 13.2 Å². The monoisotopic (exact) mass is 437 g/mol. The van der Waals surface area contributed by atoms with Gasteiger partial charge in [-0.25, -0.2) is 0 Å². The maximum absolute atomic E-state index is 6.96. The van der Waals surface area contributed by atoms with Gasteiger partial charge >= 0.3 is 0 Å². The summed E-state index contributed by atoms with van der Waals surface area (Å²) >= 11 is 12.5. The van der Waals surface area contributed by atoms with E-state index in [1.54, 1.807) is 0 Å². The predicted molar refractivity (Wildman–Crippen MR) is 126 cm³/mol. The molecule has 0 saturated heterocycles. The zero-order valence-corrected chi connectivity index (χ0v) is 17.2. The third-order valence-electron chi connectivity index (χ3n) is 5.05. The lowest BCUT2D eigenvalue weighted by atomic mass is 10.1. The molecule has 0 spiro atoms. The number of nitrogens with zero attached hydrogens (tertiary/aromatic N) is 1. The van der Waals surface area contributed by atoms with E-state index in [0.717, 1.165) is 55.6 Å². The summed E-state index contributed by atoms with van der Waals surface area (Å²) in [5.41, 5.74) is 6.64. The SMILES string of the molecule is N=C/C=N\NCCOc1c2[nH]c3ccc(Cl)cc3c2cc2c1[nH]c1ccc(Cl)cc12. The highest BCUT2D eigenvalue weighted by Gasteiger charge is 2.17. The first-order valence-electron chi connectivity index (χ1n) is 9.38. The van der Waals surface area contributed by atoms with Crippen LogP contribution in [0.1, 0.15) is 0 Å². The van der Waals surface area contributed by atoms with Crippen LogP contribution in [0.5, 0.6) is 5.75 Å². The zero-order valence-electron chi connectivity index (χ0n) is 15.7. The Morgan fingerprint density at radius 1 is 0.900 bits per heavy atom. The summed E-state index contributed by atoms with van der Waals surface area (Å²) in [5, 5.41) is 16.4. The summed E-state index contributed by atoms with van der Waals surface area (Å²) in [4.78, 5) is 6.95. The van der Waals surface area contributed by atoms with Crippen molar-refractivity contribution in [2.45, 2.75) is 0 Å². The van der Waals surface area contributed by atoms with Crippen molar-refractivity contribution in [1.82, 2.24) is 15.4 Å². The third-order valence-corrected chi connectivity index (χ3v) is 5.52. The molecular weight excluding hydrogens is 421 g/mol. The summed E-state index contributed by atoms with van der Waals surface area (Å²) in [5.74, 6) is 0.736. The summed E-state index contributed by atoms with van der Waals surface area (Å²) in [6, 6.07) is 13.7. The average molecular weight is 438 g/mol. The average Bonchev–Trinajstić information content (AvgIpc) is 3.28. The Morgan fingerprint density at radius 3 is 2.07 bits per heavy atom. The number of H-pyrrole nitrogens is 2. The van der Waals surface area contributed by atoms with Gasteiger partial charge in [0.05, 0.1) is 23.8 Å². The van der Waals surface area contributed by atoms with Crippen LogP contribution in [0.15, 0.2) is 47.6 Å². The highest BCUT2D eigenvalue weighted by molar-refractivity contribution is 6.33. The molecule has 3 aromatic carbocycles. The maximum atomic E-state index is 6.96. The van der Waals surface area contributed by atoms with E-state index >= 15 is 0 Å². The van der Waals surface area contributed by atoms with E-state index < -0.39 is 0 Å². The minimum atomic E-state index is 0.399. The van der Waals surface area contributed by atoms with E-state index in [2.05, 4.69) is 26.6 Å². The van der Waals surface area contributed by atoms with Crippen LogP contribution in [0.25, 0.3) is 43.6 Å². The van der Waals surface area contributed by atoms with Crippen LogP contribution in [-0.2, 0) is 0 Å². The summed E-state index contributed by atoms with van der Waals surface area (Å²) in [7, 11) is 0. The number of hydrogen-bond donors (Lipinski definition) is 4. The number of hydrogen-bond acceptors (Lipinski definition) is 4. The highest BCUT2D eigenvalue weighted by atomic mass is 35.5. The number of ether oxygens (including phenoxy) is 1. The van der Waals surface area contributed by atoms with Gasteiger partial charge in [-0.05, 0) is 42.5 Å². The number of nitrogens with one attached hydrogen (secondary N) is 4. The van der Waals surface area contributed by atoms with Gasteiger partial charge in [-0.2, -0.15) is 5.10 Å². The van der Waals surface area contributed by atoms with Gasteiger partial charge in [-0.15, -0.1) is 0 Å². The second-order valence-corrected chi connectivity index (χ2v) is 7.75. The Bertz CT molecular complexity index is 1360. The van der Waals surface area contributed by atoms with Crippen LogP contribution in [0, 0.1) is 5.41 Å². The van der Waals surface area contributed by atoms with Crippen LogP contribution in [0.4, 0.5) is 0 Å². The first kappa shape index (κ1) is 18.8. The van der Waals surface area contributed by atoms with E-state index in [1.807, 2.05) is 36.4 Å². The topological polar surface area (TPSA) is 89.0 Å². The molecule has 4 N–H and O–H groups in total. The number of hydrazone groups is 1. The first-order valence-corrected chi connectivity index (χ1v) is 10.1. The molecule has 0 aliphatic carbocycles. The zero-order chi connectivity index (χ0) is 20.7. The Labute approximate surface area is 181 Å². The lowest BCUT2D eigenvalue weighted by molar-refractivity contribution is 0.321. The summed E-state index contributed by atoms with van der Waals surface area (Å²) in [6.07, 6.45) is 2.49. The van der Waals surface area contributed by atoms with Gasteiger partial charge in [0.15, 0.2) is 5.75 Å². The molecule has 0 aliphatic heterocycles. The lowest BCUT2D eigenvalue weighted by Gasteiger charge is -2.09. The fourth-order valence-corrected chi connectivity index (χ4v) is 4.14. The molecule has 0 radical (unpaired) electrons. The standard InChI is InChI=1S/C22H17Cl2N5O/c23-12-1-3-18-14(9-12)16-11-17-15-10-13(24)2-4-19(15)29-21(17)22(20(16)28-18)30-8-7-27-26-6-5-25/h1-6,9-11,25,27-29H,7-8H2/b25-5?,26-6-.